The molecule has 0 saturated heterocycles. The topological polar surface area (TPSA) is 84.0 Å². The van der Waals surface area contributed by atoms with Crippen LogP contribution in [0.25, 0.3) is 11.0 Å². The Bertz CT molecular complexity index is 1300. The van der Waals surface area contributed by atoms with Gasteiger partial charge in [0.25, 0.3) is 10.0 Å². The van der Waals surface area contributed by atoms with E-state index >= 15 is 0 Å². The standard InChI is InChI=1S/C20H14Cl2N4O2S/c21-13-8-10-16(11-9-13)29(27,28)26-20-19(23-15-5-3-4-14(22)12-15)24-17-6-1-2-7-18(17)25-20/h1-12H,(H,23,24)(H,25,26). The summed E-state index contributed by atoms with van der Waals surface area (Å²) in [7, 11) is -3.90. The zero-order valence-corrected chi connectivity index (χ0v) is 17.1. The van der Waals surface area contributed by atoms with Crippen LogP contribution in [0.15, 0.2) is 77.7 Å². The summed E-state index contributed by atoms with van der Waals surface area (Å²) >= 11 is 11.9. The van der Waals surface area contributed by atoms with Gasteiger partial charge >= 0.3 is 0 Å². The maximum absolute atomic E-state index is 12.8. The molecule has 3 aromatic carbocycles. The van der Waals surface area contributed by atoms with Crippen molar-refractivity contribution < 1.29 is 8.42 Å². The van der Waals surface area contributed by atoms with Crippen molar-refractivity contribution in [3.05, 3.63) is 82.8 Å². The molecule has 146 valence electrons. The maximum atomic E-state index is 12.8. The number of hydrogen-bond acceptors (Lipinski definition) is 5. The highest BCUT2D eigenvalue weighted by molar-refractivity contribution is 7.92. The zero-order chi connectivity index (χ0) is 20.4. The molecule has 0 spiro atoms. The van der Waals surface area contributed by atoms with E-state index in [0.29, 0.717) is 26.8 Å². The van der Waals surface area contributed by atoms with Crippen LogP contribution in [0.4, 0.5) is 17.3 Å². The van der Waals surface area contributed by atoms with Gasteiger partial charge in [-0.3, -0.25) is 4.72 Å². The van der Waals surface area contributed by atoms with Crippen molar-refractivity contribution in [3.63, 3.8) is 0 Å². The lowest BCUT2D eigenvalue weighted by molar-refractivity contribution is 0.601. The quantitative estimate of drug-likeness (QED) is 0.425. The molecule has 2 N–H and O–H groups in total. The van der Waals surface area contributed by atoms with Crippen LogP contribution in [0.2, 0.25) is 10.0 Å². The Morgan fingerprint density at radius 3 is 2.03 bits per heavy atom. The summed E-state index contributed by atoms with van der Waals surface area (Å²) in [5.41, 5.74) is 1.82. The van der Waals surface area contributed by atoms with Crippen molar-refractivity contribution in [2.45, 2.75) is 4.90 Å². The highest BCUT2D eigenvalue weighted by Crippen LogP contribution is 2.28. The Hall–Kier alpha value is -2.87. The molecule has 0 fully saturated rings. The molecule has 4 aromatic rings. The molecule has 9 heteroatoms. The van der Waals surface area contributed by atoms with Crippen molar-refractivity contribution in [1.82, 2.24) is 9.97 Å². The third-order valence-corrected chi connectivity index (χ3v) is 5.85. The summed E-state index contributed by atoms with van der Waals surface area (Å²) in [5.74, 6) is 0.321. The van der Waals surface area contributed by atoms with E-state index < -0.39 is 10.0 Å². The molecule has 6 nitrogen and oxygen atoms in total. The van der Waals surface area contributed by atoms with Crippen LogP contribution in [0.1, 0.15) is 0 Å². The molecule has 1 heterocycles. The van der Waals surface area contributed by atoms with Crippen molar-refractivity contribution in [2.75, 3.05) is 10.0 Å². The molecular formula is C20H14Cl2N4O2S. The van der Waals surface area contributed by atoms with Gasteiger partial charge in [0.05, 0.1) is 15.9 Å². The van der Waals surface area contributed by atoms with Crippen molar-refractivity contribution in [3.8, 4) is 0 Å². The second kappa shape index (κ2) is 7.87. The summed E-state index contributed by atoms with van der Waals surface area (Å²) in [4.78, 5) is 9.04. The van der Waals surface area contributed by atoms with E-state index in [1.54, 1.807) is 42.5 Å². The van der Waals surface area contributed by atoms with Gasteiger partial charge in [-0.1, -0.05) is 41.4 Å². The Balaban J connectivity index is 1.78. The molecule has 29 heavy (non-hydrogen) atoms. The molecule has 0 atom stereocenters. The fourth-order valence-electron chi connectivity index (χ4n) is 2.66. The first-order valence-electron chi connectivity index (χ1n) is 8.48. The minimum atomic E-state index is -3.90. The van der Waals surface area contributed by atoms with Crippen LogP contribution in [0.3, 0.4) is 0 Å². The summed E-state index contributed by atoms with van der Waals surface area (Å²) < 4.78 is 28.2. The number of anilines is 3. The second-order valence-electron chi connectivity index (χ2n) is 6.10. The monoisotopic (exact) mass is 444 g/mol. The predicted octanol–water partition coefficient (Wildman–Crippen LogP) is 5.48. The van der Waals surface area contributed by atoms with E-state index in [-0.39, 0.29) is 16.5 Å². The van der Waals surface area contributed by atoms with E-state index in [9.17, 15) is 8.42 Å². The van der Waals surface area contributed by atoms with Gasteiger partial charge in [-0.25, -0.2) is 18.4 Å². The van der Waals surface area contributed by atoms with Crippen LogP contribution in [0.5, 0.6) is 0 Å². The second-order valence-corrected chi connectivity index (χ2v) is 8.66. The fraction of sp³-hybridized carbons (Fsp3) is 0. The van der Waals surface area contributed by atoms with Crippen molar-refractivity contribution in [1.29, 1.82) is 0 Å². The summed E-state index contributed by atoms with van der Waals surface area (Å²) in [6, 6.07) is 20.0. The molecule has 0 aliphatic rings. The molecule has 4 rings (SSSR count). The molecule has 0 aliphatic heterocycles. The largest absolute Gasteiger partial charge is 0.337 e. The van der Waals surface area contributed by atoms with Crippen LogP contribution < -0.4 is 10.0 Å². The Morgan fingerprint density at radius 1 is 0.724 bits per heavy atom. The number of aromatic nitrogens is 2. The van der Waals surface area contributed by atoms with E-state index in [4.69, 9.17) is 23.2 Å². The number of nitrogens with zero attached hydrogens (tertiary/aromatic N) is 2. The Labute approximate surface area is 177 Å². The number of hydrogen-bond donors (Lipinski definition) is 2. The van der Waals surface area contributed by atoms with Gasteiger partial charge in [0.15, 0.2) is 11.6 Å². The lowest BCUT2D eigenvalue weighted by Crippen LogP contribution is -2.16. The van der Waals surface area contributed by atoms with Crippen molar-refractivity contribution in [2.24, 2.45) is 0 Å². The fourth-order valence-corrected chi connectivity index (χ4v) is 3.99. The first-order valence-corrected chi connectivity index (χ1v) is 10.7. The van der Waals surface area contributed by atoms with E-state index in [1.807, 2.05) is 6.07 Å². The maximum Gasteiger partial charge on any atom is 0.263 e. The zero-order valence-electron chi connectivity index (χ0n) is 14.8. The number of fused-ring (bicyclic) bond motifs is 1. The molecule has 1 aromatic heterocycles. The average molecular weight is 445 g/mol. The first kappa shape index (κ1) is 19.4. The summed E-state index contributed by atoms with van der Waals surface area (Å²) in [6.07, 6.45) is 0. The lowest BCUT2D eigenvalue weighted by Gasteiger charge is -2.14. The number of rotatable bonds is 5. The minimum absolute atomic E-state index is 0.0607. The molecular weight excluding hydrogens is 431 g/mol. The van der Waals surface area contributed by atoms with Gasteiger partial charge in [-0.05, 0) is 54.6 Å². The number of para-hydroxylation sites is 2. The van der Waals surface area contributed by atoms with Gasteiger partial charge < -0.3 is 5.32 Å². The molecule has 0 unspecified atom stereocenters. The van der Waals surface area contributed by atoms with Crippen molar-refractivity contribution >= 4 is 61.6 Å². The Kier molecular flexibility index (Phi) is 5.27. The number of benzene rings is 3. The highest BCUT2D eigenvalue weighted by atomic mass is 35.5. The number of nitrogens with one attached hydrogen (secondary N) is 2. The highest BCUT2D eigenvalue weighted by Gasteiger charge is 2.19. The SMILES string of the molecule is O=S(=O)(Nc1nc2ccccc2nc1Nc1cccc(Cl)c1)c1ccc(Cl)cc1. The smallest absolute Gasteiger partial charge is 0.263 e. The molecule has 0 amide bonds. The lowest BCUT2D eigenvalue weighted by atomic mass is 10.3. The van der Waals surface area contributed by atoms with Gasteiger partial charge in [-0.2, -0.15) is 0 Å². The molecule has 0 aliphatic carbocycles. The van der Waals surface area contributed by atoms with Gasteiger partial charge in [0.1, 0.15) is 0 Å². The van der Waals surface area contributed by atoms with Crippen LogP contribution in [-0.4, -0.2) is 18.4 Å². The Morgan fingerprint density at radius 2 is 1.38 bits per heavy atom. The van der Waals surface area contributed by atoms with Crippen LogP contribution in [-0.2, 0) is 10.0 Å². The third kappa shape index (κ3) is 4.42. The first-order chi connectivity index (χ1) is 13.9. The van der Waals surface area contributed by atoms with Gasteiger partial charge in [0.2, 0.25) is 0 Å². The summed E-state index contributed by atoms with van der Waals surface area (Å²) in [5, 5.41) is 4.06. The van der Waals surface area contributed by atoms with Gasteiger partial charge in [0, 0.05) is 15.7 Å². The number of sulfonamides is 1. The average Bonchev–Trinajstić information content (AvgIpc) is 2.68. The third-order valence-electron chi connectivity index (χ3n) is 4.01. The predicted molar refractivity (Wildman–Crippen MR) is 117 cm³/mol. The normalized spacial score (nSPS) is 11.4. The van der Waals surface area contributed by atoms with E-state index in [2.05, 4.69) is 20.0 Å². The molecule has 0 radical (unpaired) electrons. The van der Waals surface area contributed by atoms with Crippen LogP contribution >= 0.6 is 23.2 Å². The van der Waals surface area contributed by atoms with E-state index in [0.717, 1.165) is 0 Å². The van der Waals surface area contributed by atoms with E-state index in [1.165, 1.54) is 24.3 Å². The summed E-state index contributed by atoms with van der Waals surface area (Å²) in [6.45, 7) is 0. The van der Waals surface area contributed by atoms with Gasteiger partial charge in [-0.15, -0.1) is 0 Å². The number of halogens is 2. The minimum Gasteiger partial charge on any atom is -0.337 e. The van der Waals surface area contributed by atoms with Crippen LogP contribution in [0, 0.1) is 0 Å². The molecule has 0 saturated carbocycles. The molecule has 0 bridgehead atoms.